The maximum absolute atomic E-state index is 13.5. The number of anilines is 2. The molecule has 0 amide bonds. The fourth-order valence-corrected chi connectivity index (χ4v) is 2.86. The number of nitrogens with zero attached hydrogens (tertiary/aromatic N) is 4. The fraction of sp³-hybridized carbons (Fsp3) is 0.105. The molecule has 2 heterocycles. The van der Waals surface area contributed by atoms with Crippen LogP contribution in [0.5, 0.6) is 0 Å². The number of rotatable bonds is 3. The Bertz CT molecular complexity index is 1190. The van der Waals surface area contributed by atoms with Gasteiger partial charge in [-0.2, -0.15) is 26.3 Å². The minimum absolute atomic E-state index is 0.0539. The van der Waals surface area contributed by atoms with Gasteiger partial charge in [0, 0.05) is 5.69 Å². The normalized spacial score (nSPS) is 12.3. The van der Waals surface area contributed by atoms with Gasteiger partial charge in [-0.1, -0.05) is 12.1 Å². The molecule has 11 heteroatoms. The van der Waals surface area contributed by atoms with Gasteiger partial charge in [-0.05, 0) is 36.4 Å². The first-order chi connectivity index (χ1) is 14.1. The molecule has 5 nitrogen and oxygen atoms in total. The lowest BCUT2D eigenvalue weighted by Crippen LogP contribution is -2.15. The smallest absolute Gasteiger partial charge is 0.339 e. The van der Waals surface area contributed by atoms with Crippen molar-refractivity contribution >= 4 is 22.5 Å². The van der Waals surface area contributed by atoms with Crippen molar-refractivity contribution in [2.24, 2.45) is 0 Å². The summed E-state index contributed by atoms with van der Waals surface area (Å²) in [6.45, 7) is 0. The number of halogens is 6. The molecule has 4 rings (SSSR count). The molecule has 1 N–H and O–H groups in total. The van der Waals surface area contributed by atoms with Crippen molar-refractivity contribution in [2.75, 3.05) is 5.32 Å². The lowest BCUT2D eigenvalue weighted by atomic mass is 10.2. The van der Waals surface area contributed by atoms with Crippen LogP contribution in [0.1, 0.15) is 11.4 Å². The van der Waals surface area contributed by atoms with Crippen molar-refractivity contribution in [3.8, 4) is 5.82 Å². The lowest BCUT2D eigenvalue weighted by Gasteiger charge is -2.12. The van der Waals surface area contributed by atoms with Crippen LogP contribution >= 0.6 is 0 Å². The predicted octanol–water partition coefficient (Wildman–Crippen LogP) is 5.60. The van der Waals surface area contributed by atoms with E-state index in [2.05, 4.69) is 20.3 Å². The molecule has 30 heavy (non-hydrogen) atoms. The van der Waals surface area contributed by atoms with Gasteiger partial charge >= 0.3 is 12.4 Å². The van der Waals surface area contributed by atoms with Crippen LogP contribution in [0.15, 0.2) is 60.9 Å². The van der Waals surface area contributed by atoms with E-state index in [9.17, 15) is 26.3 Å². The van der Waals surface area contributed by atoms with Gasteiger partial charge in [0.1, 0.15) is 0 Å². The molecule has 0 aliphatic heterocycles. The monoisotopic (exact) mass is 423 g/mol. The van der Waals surface area contributed by atoms with Crippen LogP contribution in [0.3, 0.4) is 0 Å². The van der Waals surface area contributed by atoms with Crippen LogP contribution in [0, 0.1) is 0 Å². The Morgan fingerprint density at radius 3 is 2.13 bits per heavy atom. The Labute approximate surface area is 165 Å². The third kappa shape index (κ3) is 3.78. The fourth-order valence-electron chi connectivity index (χ4n) is 2.86. The van der Waals surface area contributed by atoms with Gasteiger partial charge in [-0.15, -0.1) is 0 Å². The average Bonchev–Trinajstić information content (AvgIpc) is 3.08. The van der Waals surface area contributed by atoms with E-state index in [0.29, 0.717) is 0 Å². The van der Waals surface area contributed by atoms with Gasteiger partial charge in [-0.3, -0.25) is 9.55 Å². The van der Waals surface area contributed by atoms with Gasteiger partial charge in [0.15, 0.2) is 11.6 Å². The second-order valence-electron chi connectivity index (χ2n) is 6.22. The Kier molecular flexibility index (Phi) is 4.60. The van der Waals surface area contributed by atoms with Gasteiger partial charge in [0.05, 0.1) is 29.0 Å². The van der Waals surface area contributed by atoms with Crippen molar-refractivity contribution < 1.29 is 26.3 Å². The van der Waals surface area contributed by atoms with Crippen LogP contribution in [0.4, 0.5) is 37.8 Å². The molecule has 0 atom stereocenters. The van der Waals surface area contributed by atoms with E-state index in [1.54, 1.807) is 12.1 Å². The largest absolute Gasteiger partial charge is 0.450 e. The molecule has 0 aliphatic rings. The number of alkyl halides is 6. The van der Waals surface area contributed by atoms with Crippen molar-refractivity contribution in [1.82, 2.24) is 19.5 Å². The molecule has 0 aliphatic carbocycles. The summed E-state index contributed by atoms with van der Waals surface area (Å²) in [5.74, 6) is -1.25. The number of hydrogen-bond acceptors (Lipinski definition) is 4. The molecule has 0 radical (unpaired) electrons. The van der Waals surface area contributed by atoms with E-state index in [1.807, 2.05) is 0 Å². The first kappa shape index (κ1) is 19.7. The number of fused-ring (bicyclic) bond motifs is 1. The standard InChI is InChI=1S/C19H11F6N5/c20-18(21,22)11-5-7-12(8-6-11)27-15-9-26-10-16(29-15)30-14-4-2-1-3-13(14)28-17(30)19(23,24)25/h1-10H,(H,27,29). The average molecular weight is 423 g/mol. The summed E-state index contributed by atoms with van der Waals surface area (Å²) in [5, 5.41) is 2.74. The first-order valence-corrected chi connectivity index (χ1v) is 8.44. The topological polar surface area (TPSA) is 55.6 Å². The van der Waals surface area contributed by atoms with Crippen molar-refractivity contribution in [1.29, 1.82) is 0 Å². The summed E-state index contributed by atoms with van der Waals surface area (Å²) >= 11 is 0. The van der Waals surface area contributed by atoms with Gasteiger partial charge in [0.25, 0.3) is 0 Å². The SMILES string of the molecule is FC(F)(F)c1ccc(Nc2cncc(-n3c(C(F)(F)F)nc4ccccc43)n2)cc1. The highest BCUT2D eigenvalue weighted by Crippen LogP contribution is 2.34. The molecule has 2 aromatic heterocycles. The molecule has 0 bridgehead atoms. The zero-order valence-corrected chi connectivity index (χ0v) is 14.8. The van der Waals surface area contributed by atoms with Crippen LogP contribution in [0.25, 0.3) is 16.9 Å². The molecule has 0 saturated carbocycles. The Morgan fingerprint density at radius 1 is 0.767 bits per heavy atom. The minimum Gasteiger partial charge on any atom is -0.339 e. The lowest BCUT2D eigenvalue weighted by molar-refractivity contribution is -0.145. The van der Waals surface area contributed by atoms with E-state index in [4.69, 9.17) is 0 Å². The quantitative estimate of drug-likeness (QED) is 0.436. The molecule has 0 spiro atoms. The van der Waals surface area contributed by atoms with Crippen LogP contribution < -0.4 is 5.32 Å². The predicted molar refractivity (Wildman–Crippen MR) is 96.4 cm³/mol. The second kappa shape index (κ2) is 7.01. The summed E-state index contributed by atoms with van der Waals surface area (Å²) < 4.78 is 79.4. The summed E-state index contributed by atoms with van der Waals surface area (Å²) in [6, 6.07) is 10.2. The first-order valence-electron chi connectivity index (χ1n) is 8.44. The van der Waals surface area contributed by atoms with Crippen LogP contribution in [0.2, 0.25) is 0 Å². The number of benzene rings is 2. The zero-order valence-electron chi connectivity index (χ0n) is 14.8. The molecule has 0 saturated heterocycles. The van der Waals surface area contributed by atoms with E-state index in [0.717, 1.165) is 22.9 Å². The van der Waals surface area contributed by atoms with Gasteiger partial charge in [-0.25, -0.2) is 9.97 Å². The van der Waals surface area contributed by atoms with Crippen molar-refractivity contribution in [2.45, 2.75) is 12.4 Å². The highest BCUT2D eigenvalue weighted by Gasteiger charge is 2.38. The summed E-state index contributed by atoms with van der Waals surface area (Å²) in [7, 11) is 0. The molecule has 4 aromatic rings. The third-order valence-electron chi connectivity index (χ3n) is 4.15. The van der Waals surface area contributed by atoms with Crippen molar-refractivity contribution in [3.63, 3.8) is 0 Å². The number of para-hydroxylation sites is 2. The highest BCUT2D eigenvalue weighted by atomic mass is 19.4. The molecule has 154 valence electrons. The van der Waals surface area contributed by atoms with E-state index >= 15 is 0 Å². The minimum atomic E-state index is -4.74. The summed E-state index contributed by atoms with van der Waals surface area (Å²) in [5.41, 5.74) is -0.243. The molecular formula is C19H11F6N5. The third-order valence-corrected chi connectivity index (χ3v) is 4.15. The van der Waals surface area contributed by atoms with E-state index < -0.39 is 23.7 Å². The van der Waals surface area contributed by atoms with Crippen LogP contribution in [-0.2, 0) is 12.4 Å². The Hall–Kier alpha value is -3.63. The highest BCUT2D eigenvalue weighted by molar-refractivity contribution is 5.78. The van der Waals surface area contributed by atoms with E-state index in [1.165, 1.54) is 30.5 Å². The van der Waals surface area contributed by atoms with Gasteiger partial charge in [0.2, 0.25) is 5.82 Å². The van der Waals surface area contributed by atoms with Crippen LogP contribution in [-0.4, -0.2) is 19.5 Å². The number of hydrogen-bond donors (Lipinski definition) is 1. The number of aromatic nitrogens is 4. The van der Waals surface area contributed by atoms with E-state index in [-0.39, 0.29) is 28.4 Å². The summed E-state index contributed by atoms with van der Waals surface area (Å²) in [4.78, 5) is 11.7. The zero-order chi connectivity index (χ0) is 21.5. The number of imidazole rings is 1. The molecule has 2 aromatic carbocycles. The molecule has 0 unspecified atom stereocenters. The second-order valence-corrected chi connectivity index (χ2v) is 6.22. The summed E-state index contributed by atoms with van der Waals surface area (Å²) in [6.07, 6.45) is -6.83. The molecule has 0 fully saturated rings. The Balaban J connectivity index is 1.73. The Morgan fingerprint density at radius 2 is 1.47 bits per heavy atom. The van der Waals surface area contributed by atoms with Gasteiger partial charge < -0.3 is 5.32 Å². The maximum atomic E-state index is 13.5. The maximum Gasteiger partial charge on any atom is 0.450 e. The molecular weight excluding hydrogens is 412 g/mol. The number of nitrogens with one attached hydrogen (secondary N) is 1. The van der Waals surface area contributed by atoms with Crippen molar-refractivity contribution in [3.05, 3.63) is 72.3 Å².